The van der Waals surface area contributed by atoms with E-state index in [-0.39, 0.29) is 0 Å². The maximum atomic E-state index is 3.43. The minimum Gasteiger partial charge on any atom is -0.310 e. The third-order valence-electron chi connectivity index (χ3n) is 2.80. The van der Waals surface area contributed by atoms with E-state index in [1.54, 1.807) is 0 Å². The first-order valence-corrected chi connectivity index (χ1v) is 7.05. The molecule has 1 N–H and O–H groups in total. The summed E-state index contributed by atoms with van der Waals surface area (Å²) in [6.07, 6.45) is 1.22. The lowest BCUT2D eigenvalue weighted by Crippen LogP contribution is -2.17. The summed E-state index contributed by atoms with van der Waals surface area (Å²) in [6, 6.07) is 9.39. The van der Waals surface area contributed by atoms with Crippen molar-refractivity contribution < 1.29 is 0 Å². The van der Waals surface area contributed by atoms with Crippen molar-refractivity contribution in [3.8, 4) is 0 Å². The van der Waals surface area contributed by atoms with Crippen LogP contribution >= 0.6 is 11.8 Å². The highest BCUT2D eigenvalue weighted by atomic mass is 32.2. The second kappa shape index (κ2) is 6.97. The van der Waals surface area contributed by atoms with E-state index in [9.17, 15) is 0 Å². The smallest absolute Gasteiger partial charge is 0.0291 e. The van der Waals surface area contributed by atoms with Gasteiger partial charge in [-0.25, -0.2) is 0 Å². The SMILES string of the molecule is CCNC(C)c1ccc(SC(C)CC)cc1. The minimum atomic E-state index is 0.452. The maximum Gasteiger partial charge on any atom is 0.0291 e. The summed E-state index contributed by atoms with van der Waals surface area (Å²) in [5, 5.41) is 4.13. The number of thioether (sulfide) groups is 1. The lowest BCUT2D eigenvalue weighted by molar-refractivity contribution is 0.598. The Hall–Kier alpha value is -0.470. The fourth-order valence-corrected chi connectivity index (χ4v) is 2.50. The fourth-order valence-electron chi connectivity index (χ4n) is 1.57. The van der Waals surface area contributed by atoms with Crippen LogP contribution in [-0.4, -0.2) is 11.8 Å². The van der Waals surface area contributed by atoms with E-state index >= 15 is 0 Å². The van der Waals surface area contributed by atoms with Crippen LogP contribution in [0.3, 0.4) is 0 Å². The summed E-state index contributed by atoms with van der Waals surface area (Å²) < 4.78 is 0. The van der Waals surface area contributed by atoms with Crippen molar-refractivity contribution in [1.82, 2.24) is 5.32 Å². The monoisotopic (exact) mass is 237 g/mol. The summed E-state index contributed by atoms with van der Waals surface area (Å²) in [5.41, 5.74) is 1.37. The lowest BCUT2D eigenvalue weighted by atomic mass is 10.1. The van der Waals surface area contributed by atoms with Gasteiger partial charge in [0.25, 0.3) is 0 Å². The molecule has 1 nitrogen and oxygen atoms in total. The molecule has 2 atom stereocenters. The number of rotatable bonds is 6. The van der Waals surface area contributed by atoms with E-state index < -0.39 is 0 Å². The molecule has 0 fully saturated rings. The van der Waals surface area contributed by atoms with Gasteiger partial charge in [-0.05, 0) is 37.6 Å². The van der Waals surface area contributed by atoms with Gasteiger partial charge in [-0.3, -0.25) is 0 Å². The molecule has 2 unspecified atom stereocenters. The molecule has 0 radical (unpaired) electrons. The molecule has 0 amide bonds. The van der Waals surface area contributed by atoms with E-state index in [0.29, 0.717) is 11.3 Å². The normalized spacial score (nSPS) is 14.8. The van der Waals surface area contributed by atoms with Gasteiger partial charge >= 0.3 is 0 Å². The van der Waals surface area contributed by atoms with Crippen molar-refractivity contribution in [2.75, 3.05) is 6.54 Å². The third kappa shape index (κ3) is 4.18. The van der Waals surface area contributed by atoms with Crippen molar-refractivity contribution in [1.29, 1.82) is 0 Å². The van der Waals surface area contributed by atoms with Gasteiger partial charge in [-0.15, -0.1) is 11.8 Å². The van der Waals surface area contributed by atoms with Crippen molar-refractivity contribution in [2.45, 2.75) is 50.3 Å². The van der Waals surface area contributed by atoms with Gasteiger partial charge in [0.2, 0.25) is 0 Å². The van der Waals surface area contributed by atoms with Gasteiger partial charge in [0, 0.05) is 16.2 Å². The molecular formula is C14H23NS. The van der Waals surface area contributed by atoms with Gasteiger partial charge in [0.15, 0.2) is 0 Å². The highest BCUT2D eigenvalue weighted by Gasteiger charge is 2.05. The summed E-state index contributed by atoms with van der Waals surface area (Å²) in [5.74, 6) is 0. The molecule has 0 aliphatic carbocycles. The minimum absolute atomic E-state index is 0.452. The Morgan fingerprint density at radius 3 is 2.25 bits per heavy atom. The van der Waals surface area contributed by atoms with Crippen LogP contribution in [0.2, 0.25) is 0 Å². The first-order valence-electron chi connectivity index (χ1n) is 6.17. The molecule has 0 saturated carbocycles. The molecular weight excluding hydrogens is 214 g/mol. The Morgan fingerprint density at radius 2 is 1.75 bits per heavy atom. The van der Waals surface area contributed by atoms with Crippen LogP contribution in [0.15, 0.2) is 29.2 Å². The molecule has 1 aromatic rings. The average Bonchev–Trinajstić information content (AvgIpc) is 2.30. The van der Waals surface area contributed by atoms with Crippen LogP contribution < -0.4 is 5.32 Å². The molecule has 2 heteroatoms. The summed E-state index contributed by atoms with van der Waals surface area (Å²) in [7, 11) is 0. The van der Waals surface area contributed by atoms with Crippen LogP contribution in [0, 0.1) is 0 Å². The zero-order chi connectivity index (χ0) is 12.0. The predicted octanol–water partition coefficient (Wildman–Crippen LogP) is 4.25. The van der Waals surface area contributed by atoms with Crippen LogP contribution in [0.1, 0.15) is 45.7 Å². The van der Waals surface area contributed by atoms with Crippen molar-refractivity contribution in [3.63, 3.8) is 0 Å². The van der Waals surface area contributed by atoms with Crippen LogP contribution in [0.25, 0.3) is 0 Å². The number of hydrogen-bond acceptors (Lipinski definition) is 2. The molecule has 16 heavy (non-hydrogen) atoms. The molecule has 1 aromatic carbocycles. The molecule has 0 spiro atoms. The standard InChI is InChI=1S/C14H23NS/c1-5-11(3)16-14-9-7-13(8-10-14)12(4)15-6-2/h7-12,15H,5-6H2,1-4H3. The second-order valence-corrected chi connectivity index (χ2v) is 5.70. The largest absolute Gasteiger partial charge is 0.310 e. The molecule has 0 aliphatic heterocycles. The predicted molar refractivity (Wildman–Crippen MR) is 74.1 cm³/mol. The van der Waals surface area contributed by atoms with Crippen LogP contribution in [-0.2, 0) is 0 Å². The Morgan fingerprint density at radius 1 is 1.12 bits per heavy atom. The van der Waals surface area contributed by atoms with E-state index in [1.165, 1.54) is 16.9 Å². The average molecular weight is 237 g/mol. The van der Waals surface area contributed by atoms with Crippen molar-refractivity contribution in [3.05, 3.63) is 29.8 Å². The van der Waals surface area contributed by atoms with Crippen LogP contribution in [0.5, 0.6) is 0 Å². The zero-order valence-electron chi connectivity index (χ0n) is 10.8. The first-order chi connectivity index (χ1) is 7.67. The molecule has 0 bridgehead atoms. The first kappa shape index (κ1) is 13.6. The van der Waals surface area contributed by atoms with E-state index in [0.717, 1.165) is 6.54 Å². The Labute approximate surface area is 104 Å². The van der Waals surface area contributed by atoms with Gasteiger partial charge in [-0.1, -0.05) is 32.9 Å². The van der Waals surface area contributed by atoms with Gasteiger partial charge in [0.1, 0.15) is 0 Å². The molecule has 90 valence electrons. The van der Waals surface area contributed by atoms with Crippen molar-refractivity contribution >= 4 is 11.8 Å². The maximum absolute atomic E-state index is 3.43. The molecule has 0 heterocycles. The van der Waals surface area contributed by atoms with E-state index in [4.69, 9.17) is 0 Å². The topological polar surface area (TPSA) is 12.0 Å². The second-order valence-electron chi connectivity index (χ2n) is 4.19. The highest BCUT2D eigenvalue weighted by Crippen LogP contribution is 2.26. The zero-order valence-corrected chi connectivity index (χ0v) is 11.6. The lowest BCUT2D eigenvalue weighted by Gasteiger charge is -2.14. The number of hydrogen-bond donors (Lipinski definition) is 1. The van der Waals surface area contributed by atoms with Gasteiger partial charge in [-0.2, -0.15) is 0 Å². The Bertz CT molecular complexity index is 294. The summed E-state index contributed by atoms with van der Waals surface area (Å²) >= 11 is 1.96. The molecule has 0 aromatic heterocycles. The summed E-state index contributed by atoms with van der Waals surface area (Å²) in [4.78, 5) is 1.38. The molecule has 0 aliphatic rings. The number of benzene rings is 1. The van der Waals surface area contributed by atoms with Crippen molar-refractivity contribution in [2.24, 2.45) is 0 Å². The number of nitrogens with one attached hydrogen (secondary N) is 1. The van der Waals surface area contributed by atoms with Gasteiger partial charge in [0.05, 0.1) is 0 Å². The fraction of sp³-hybridized carbons (Fsp3) is 0.571. The molecule has 1 rings (SSSR count). The van der Waals surface area contributed by atoms with E-state index in [1.807, 2.05) is 11.8 Å². The molecule has 0 saturated heterocycles. The highest BCUT2D eigenvalue weighted by molar-refractivity contribution is 7.99. The summed E-state index contributed by atoms with van der Waals surface area (Å²) in [6.45, 7) is 9.88. The Kier molecular flexibility index (Phi) is 5.93. The third-order valence-corrected chi connectivity index (χ3v) is 4.08. The van der Waals surface area contributed by atoms with Gasteiger partial charge < -0.3 is 5.32 Å². The Balaban J connectivity index is 2.60. The quantitative estimate of drug-likeness (QED) is 0.742. The van der Waals surface area contributed by atoms with Crippen LogP contribution in [0.4, 0.5) is 0 Å². The van der Waals surface area contributed by atoms with E-state index in [2.05, 4.69) is 57.3 Å².